The van der Waals surface area contributed by atoms with Crippen molar-refractivity contribution < 1.29 is 18.0 Å². The van der Waals surface area contributed by atoms with Crippen molar-refractivity contribution in [1.29, 1.82) is 0 Å². The molecule has 2 aromatic rings. The van der Waals surface area contributed by atoms with Gasteiger partial charge in [-0.05, 0) is 81.5 Å². The average Bonchev–Trinajstić information content (AvgIpc) is 3.52. The number of benzene rings is 2. The normalized spacial score (nSPS) is 16.9. The predicted molar refractivity (Wildman–Crippen MR) is 153 cm³/mol. The highest BCUT2D eigenvalue weighted by atomic mass is 32.2. The van der Waals surface area contributed by atoms with E-state index >= 15 is 0 Å². The van der Waals surface area contributed by atoms with Crippen molar-refractivity contribution in [2.45, 2.75) is 82.2 Å². The average molecular weight is 552 g/mol. The molecule has 2 aromatic carbocycles. The van der Waals surface area contributed by atoms with Crippen LogP contribution in [0.25, 0.3) is 0 Å². The Bertz CT molecular complexity index is 1240. The summed E-state index contributed by atoms with van der Waals surface area (Å²) >= 11 is 0. The topological polar surface area (TPSA) is 86.8 Å². The van der Waals surface area contributed by atoms with E-state index in [-0.39, 0.29) is 18.2 Å². The Morgan fingerprint density at radius 3 is 2.31 bits per heavy atom. The highest BCUT2D eigenvalue weighted by Gasteiger charge is 2.28. The third-order valence-corrected chi connectivity index (χ3v) is 9.66. The maximum absolute atomic E-state index is 13.4. The number of carbonyl (C=O) groups excluding carboxylic acids is 2. The van der Waals surface area contributed by atoms with Crippen molar-refractivity contribution in [3.05, 3.63) is 77.4 Å². The van der Waals surface area contributed by atoms with Gasteiger partial charge >= 0.3 is 0 Å². The summed E-state index contributed by atoms with van der Waals surface area (Å²) in [4.78, 5) is 28.4. The molecule has 1 N–H and O–H groups in total. The molecule has 39 heavy (non-hydrogen) atoms. The molecular weight excluding hydrogens is 510 g/mol. The summed E-state index contributed by atoms with van der Waals surface area (Å²) in [6.07, 6.45) is 10.3. The number of nitrogens with zero attached hydrogens (tertiary/aromatic N) is 2. The van der Waals surface area contributed by atoms with Crippen LogP contribution < -0.4 is 5.32 Å². The number of sulfonamides is 1. The summed E-state index contributed by atoms with van der Waals surface area (Å²) in [6.45, 7) is 3.86. The van der Waals surface area contributed by atoms with E-state index in [2.05, 4.69) is 11.4 Å². The van der Waals surface area contributed by atoms with Gasteiger partial charge in [0, 0.05) is 32.6 Å². The van der Waals surface area contributed by atoms with E-state index in [4.69, 9.17) is 0 Å². The fraction of sp³-hybridized carbons (Fsp3) is 0.484. The van der Waals surface area contributed by atoms with Gasteiger partial charge in [0.05, 0.1) is 4.90 Å². The van der Waals surface area contributed by atoms with E-state index in [0.29, 0.717) is 37.5 Å². The van der Waals surface area contributed by atoms with Gasteiger partial charge in [0.2, 0.25) is 21.8 Å². The highest BCUT2D eigenvalue weighted by molar-refractivity contribution is 7.89. The standard InChI is InChI=1S/C31H41N3O4S/c1-25(31(36)32-21-20-26-10-4-2-5-11-26)34(24-28-12-6-3-7-13-28)30(35)19-16-27-14-17-29(18-15-27)39(37,38)33-22-8-9-23-33/h3,6-7,10,12-15,17-18,25H,2,4-5,8-9,11,16,19-24H2,1H3,(H,32,36)/t25-/m1/s1. The van der Waals surface area contributed by atoms with Crippen LogP contribution in [0.1, 0.15) is 69.4 Å². The number of amides is 2. The third-order valence-electron chi connectivity index (χ3n) is 7.75. The summed E-state index contributed by atoms with van der Waals surface area (Å²) in [7, 11) is -3.46. The number of rotatable bonds is 12. The van der Waals surface area contributed by atoms with E-state index in [1.54, 1.807) is 36.1 Å². The van der Waals surface area contributed by atoms with Crippen molar-refractivity contribution in [3.8, 4) is 0 Å². The Labute approximate surface area is 233 Å². The zero-order valence-corrected chi connectivity index (χ0v) is 23.8. The van der Waals surface area contributed by atoms with Crippen LogP contribution in [0, 0.1) is 0 Å². The zero-order chi connectivity index (χ0) is 27.7. The second kappa shape index (κ2) is 13.9. The van der Waals surface area contributed by atoms with Crippen molar-refractivity contribution in [3.63, 3.8) is 0 Å². The van der Waals surface area contributed by atoms with E-state index in [9.17, 15) is 18.0 Å². The lowest BCUT2D eigenvalue weighted by Gasteiger charge is -2.29. The first kappa shape index (κ1) is 29.0. The molecule has 8 heteroatoms. The van der Waals surface area contributed by atoms with Gasteiger partial charge < -0.3 is 10.2 Å². The smallest absolute Gasteiger partial charge is 0.243 e. The highest BCUT2D eigenvalue weighted by Crippen LogP contribution is 2.22. The molecule has 1 saturated heterocycles. The van der Waals surface area contributed by atoms with Gasteiger partial charge in [-0.15, -0.1) is 0 Å². The molecule has 0 aromatic heterocycles. The Balaban J connectivity index is 1.37. The van der Waals surface area contributed by atoms with Gasteiger partial charge in [-0.1, -0.05) is 54.1 Å². The molecule has 1 atom stereocenters. The number of carbonyl (C=O) groups is 2. The molecule has 2 aliphatic rings. The molecule has 1 heterocycles. The minimum Gasteiger partial charge on any atom is -0.354 e. The van der Waals surface area contributed by atoms with Crippen LogP contribution in [0.2, 0.25) is 0 Å². The molecule has 0 radical (unpaired) electrons. The Morgan fingerprint density at radius 1 is 0.923 bits per heavy atom. The van der Waals surface area contributed by atoms with Crippen molar-refractivity contribution >= 4 is 21.8 Å². The Kier molecular flexibility index (Phi) is 10.3. The van der Waals surface area contributed by atoms with Crippen LogP contribution in [0.3, 0.4) is 0 Å². The zero-order valence-electron chi connectivity index (χ0n) is 23.0. The van der Waals surface area contributed by atoms with Gasteiger partial charge in [0.25, 0.3) is 0 Å². The number of hydrogen-bond donors (Lipinski definition) is 1. The van der Waals surface area contributed by atoms with Crippen LogP contribution in [-0.4, -0.2) is 55.1 Å². The fourth-order valence-corrected chi connectivity index (χ4v) is 6.81. The molecule has 1 aliphatic carbocycles. The first-order valence-corrected chi connectivity index (χ1v) is 15.7. The largest absolute Gasteiger partial charge is 0.354 e. The molecule has 4 rings (SSSR count). The predicted octanol–water partition coefficient (Wildman–Crippen LogP) is 4.83. The third kappa shape index (κ3) is 8.02. The van der Waals surface area contributed by atoms with Gasteiger partial charge in [0.15, 0.2) is 0 Å². The van der Waals surface area contributed by atoms with Gasteiger partial charge in [-0.25, -0.2) is 8.42 Å². The minimum absolute atomic E-state index is 0.106. The number of hydrogen-bond acceptors (Lipinski definition) is 4. The van der Waals surface area contributed by atoms with Crippen LogP contribution in [-0.2, 0) is 32.6 Å². The summed E-state index contributed by atoms with van der Waals surface area (Å²) in [5.41, 5.74) is 3.27. The Morgan fingerprint density at radius 2 is 1.64 bits per heavy atom. The fourth-order valence-electron chi connectivity index (χ4n) is 5.29. The van der Waals surface area contributed by atoms with Crippen molar-refractivity contribution in [2.75, 3.05) is 19.6 Å². The Hall–Kier alpha value is -2.97. The molecule has 7 nitrogen and oxygen atoms in total. The maximum Gasteiger partial charge on any atom is 0.243 e. The number of aryl methyl sites for hydroxylation is 1. The van der Waals surface area contributed by atoms with Gasteiger partial charge in [-0.2, -0.15) is 4.31 Å². The molecule has 210 valence electrons. The summed E-state index contributed by atoms with van der Waals surface area (Å²) < 4.78 is 27.1. The molecule has 0 bridgehead atoms. The summed E-state index contributed by atoms with van der Waals surface area (Å²) in [5, 5.41) is 3.03. The van der Waals surface area contributed by atoms with Gasteiger partial charge in [0.1, 0.15) is 6.04 Å². The number of nitrogens with one attached hydrogen (secondary N) is 1. The molecule has 2 amide bonds. The first-order chi connectivity index (χ1) is 18.8. The molecule has 0 spiro atoms. The van der Waals surface area contributed by atoms with Crippen molar-refractivity contribution in [1.82, 2.24) is 14.5 Å². The SMILES string of the molecule is C[C@H](C(=O)NCCC1=CCCCC1)N(Cc1ccccc1)C(=O)CCc1ccc(S(=O)(=O)N2CCCC2)cc1. The van der Waals surface area contributed by atoms with E-state index in [0.717, 1.165) is 43.2 Å². The molecule has 1 fully saturated rings. The molecular formula is C31H41N3O4S. The number of allylic oxidation sites excluding steroid dienone is 1. The van der Waals surface area contributed by atoms with E-state index < -0.39 is 16.1 Å². The first-order valence-electron chi connectivity index (χ1n) is 14.2. The molecule has 0 saturated carbocycles. The van der Waals surface area contributed by atoms with E-state index in [1.165, 1.54) is 22.7 Å². The minimum atomic E-state index is -3.46. The molecule has 1 aliphatic heterocycles. The van der Waals surface area contributed by atoms with Crippen LogP contribution in [0.4, 0.5) is 0 Å². The monoisotopic (exact) mass is 551 g/mol. The van der Waals surface area contributed by atoms with Crippen molar-refractivity contribution in [2.24, 2.45) is 0 Å². The van der Waals surface area contributed by atoms with Crippen LogP contribution >= 0.6 is 0 Å². The second-order valence-electron chi connectivity index (χ2n) is 10.6. The molecule has 0 unspecified atom stereocenters. The van der Waals surface area contributed by atoms with E-state index in [1.807, 2.05) is 30.3 Å². The van der Waals surface area contributed by atoms with Gasteiger partial charge in [-0.3, -0.25) is 9.59 Å². The lowest BCUT2D eigenvalue weighted by atomic mass is 9.97. The quantitative estimate of drug-likeness (QED) is 0.383. The maximum atomic E-state index is 13.4. The lowest BCUT2D eigenvalue weighted by molar-refractivity contribution is -0.140. The summed E-state index contributed by atoms with van der Waals surface area (Å²) in [6, 6.07) is 15.9. The second-order valence-corrected chi connectivity index (χ2v) is 12.5. The lowest BCUT2D eigenvalue weighted by Crippen LogP contribution is -2.47. The van der Waals surface area contributed by atoms with Crippen LogP contribution in [0.5, 0.6) is 0 Å². The summed E-state index contributed by atoms with van der Waals surface area (Å²) in [5.74, 6) is -0.252. The van der Waals surface area contributed by atoms with Crippen LogP contribution in [0.15, 0.2) is 71.1 Å².